The number of ether oxygens (including phenoxy) is 1. The fourth-order valence-corrected chi connectivity index (χ4v) is 2.58. The number of amides is 1. The molecule has 130 valence electrons. The predicted octanol–water partition coefficient (Wildman–Crippen LogP) is 2.85. The second kappa shape index (κ2) is 8.39. The van der Waals surface area contributed by atoms with Crippen LogP contribution in [-0.4, -0.2) is 42.0 Å². The molecule has 1 aliphatic rings. The Labute approximate surface area is 146 Å². The van der Waals surface area contributed by atoms with Gasteiger partial charge in [-0.05, 0) is 48.9 Å². The van der Waals surface area contributed by atoms with Crippen LogP contribution in [0.25, 0.3) is 6.08 Å². The molecule has 5 nitrogen and oxygen atoms in total. The van der Waals surface area contributed by atoms with Crippen LogP contribution in [0, 0.1) is 5.82 Å². The van der Waals surface area contributed by atoms with Crippen LogP contribution < -0.4 is 10.1 Å². The van der Waals surface area contributed by atoms with Crippen LogP contribution in [0.1, 0.15) is 12.0 Å². The monoisotopic (exact) mass is 341 g/mol. The summed E-state index contributed by atoms with van der Waals surface area (Å²) >= 11 is 0. The van der Waals surface area contributed by atoms with Crippen molar-refractivity contribution in [1.82, 2.24) is 15.2 Å². The Morgan fingerprint density at radius 2 is 2.20 bits per heavy atom. The number of nitrogens with one attached hydrogen (secondary N) is 1. The number of carbonyl (C=O) groups is 1. The highest BCUT2D eigenvalue weighted by Crippen LogP contribution is 2.24. The maximum absolute atomic E-state index is 14.2. The minimum Gasteiger partial charge on any atom is -0.453 e. The molecule has 1 N–H and O–H groups in total. The molecule has 25 heavy (non-hydrogen) atoms. The molecule has 0 atom stereocenters. The molecule has 0 spiro atoms. The lowest BCUT2D eigenvalue weighted by Gasteiger charge is -2.17. The smallest absolute Gasteiger partial charge is 0.246 e. The van der Waals surface area contributed by atoms with Crippen LogP contribution in [0.2, 0.25) is 0 Å². The van der Waals surface area contributed by atoms with Gasteiger partial charge in [0, 0.05) is 31.9 Å². The average molecular weight is 341 g/mol. The second-order valence-electron chi connectivity index (χ2n) is 5.74. The maximum atomic E-state index is 14.2. The van der Waals surface area contributed by atoms with Crippen molar-refractivity contribution < 1.29 is 13.9 Å². The van der Waals surface area contributed by atoms with E-state index in [2.05, 4.69) is 10.3 Å². The number of carbonyl (C=O) groups excluding carboxylic acids is 1. The summed E-state index contributed by atoms with van der Waals surface area (Å²) in [5, 5.41) is 3.25. The molecule has 3 rings (SSSR count). The molecule has 1 saturated heterocycles. The molecule has 1 aliphatic heterocycles. The van der Waals surface area contributed by atoms with Crippen molar-refractivity contribution >= 4 is 12.0 Å². The van der Waals surface area contributed by atoms with E-state index in [-0.39, 0.29) is 11.7 Å². The first-order valence-corrected chi connectivity index (χ1v) is 8.27. The van der Waals surface area contributed by atoms with Gasteiger partial charge in [-0.2, -0.15) is 0 Å². The molecule has 2 aromatic rings. The minimum atomic E-state index is -0.488. The molecule has 2 heterocycles. The van der Waals surface area contributed by atoms with E-state index in [9.17, 15) is 9.18 Å². The minimum absolute atomic E-state index is 0.0557. The van der Waals surface area contributed by atoms with Crippen molar-refractivity contribution in [3.63, 3.8) is 0 Å². The van der Waals surface area contributed by atoms with E-state index in [1.807, 2.05) is 0 Å². The predicted molar refractivity (Wildman–Crippen MR) is 93.8 cm³/mol. The topological polar surface area (TPSA) is 54.5 Å². The lowest BCUT2D eigenvalue weighted by molar-refractivity contribution is -0.125. The molecule has 1 amide bonds. The fourth-order valence-electron chi connectivity index (χ4n) is 2.58. The highest BCUT2D eigenvalue weighted by atomic mass is 19.1. The van der Waals surface area contributed by atoms with E-state index in [1.54, 1.807) is 41.4 Å². The van der Waals surface area contributed by atoms with Crippen LogP contribution >= 0.6 is 0 Å². The Kier molecular flexibility index (Phi) is 5.74. The number of pyridine rings is 1. The number of hydrogen-bond donors (Lipinski definition) is 1. The van der Waals surface area contributed by atoms with E-state index in [1.165, 1.54) is 18.3 Å². The van der Waals surface area contributed by atoms with Gasteiger partial charge in [0.2, 0.25) is 5.91 Å². The van der Waals surface area contributed by atoms with Crippen LogP contribution in [-0.2, 0) is 4.79 Å². The third-order valence-electron chi connectivity index (χ3n) is 3.89. The summed E-state index contributed by atoms with van der Waals surface area (Å²) in [5.41, 5.74) is 0.609. The second-order valence-corrected chi connectivity index (χ2v) is 5.74. The quantitative estimate of drug-likeness (QED) is 0.869. The Morgan fingerprint density at radius 1 is 1.28 bits per heavy atom. The molecule has 1 aromatic heterocycles. The SMILES string of the molecule is O=C(C=Cc1ccc(Oc2cccnc2)c(F)c1)N1CCCNCC1. The van der Waals surface area contributed by atoms with Crippen LogP contribution in [0.3, 0.4) is 0 Å². The van der Waals surface area contributed by atoms with Gasteiger partial charge in [-0.15, -0.1) is 0 Å². The van der Waals surface area contributed by atoms with E-state index >= 15 is 0 Å². The first-order valence-electron chi connectivity index (χ1n) is 8.27. The molecule has 0 radical (unpaired) electrons. The van der Waals surface area contributed by atoms with Crippen molar-refractivity contribution in [2.75, 3.05) is 26.2 Å². The Balaban J connectivity index is 1.65. The zero-order valence-corrected chi connectivity index (χ0v) is 13.8. The first kappa shape index (κ1) is 17.1. The van der Waals surface area contributed by atoms with Crippen LogP contribution in [0.4, 0.5) is 4.39 Å². The number of rotatable bonds is 4. The number of benzene rings is 1. The summed E-state index contributed by atoms with van der Waals surface area (Å²) in [6, 6.07) is 8.02. The summed E-state index contributed by atoms with van der Waals surface area (Å²) in [5.74, 6) is 0.0435. The summed E-state index contributed by atoms with van der Waals surface area (Å²) in [6.07, 6.45) is 7.18. The molecule has 0 saturated carbocycles. The Bertz CT molecular complexity index is 742. The van der Waals surface area contributed by atoms with E-state index < -0.39 is 5.82 Å². The molecule has 0 bridgehead atoms. The Morgan fingerprint density at radius 3 is 3.00 bits per heavy atom. The molecule has 6 heteroatoms. The maximum Gasteiger partial charge on any atom is 0.246 e. The number of aromatic nitrogens is 1. The third-order valence-corrected chi connectivity index (χ3v) is 3.89. The normalized spacial score (nSPS) is 15.2. The zero-order chi connectivity index (χ0) is 17.5. The van der Waals surface area contributed by atoms with Crippen molar-refractivity contribution in [2.24, 2.45) is 0 Å². The number of nitrogens with zero attached hydrogens (tertiary/aromatic N) is 2. The van der Waals surface area contributed by atoms with E-state index in [0.717, 1.165) is 26.1 Å². The van der Waals surface area contributed by atoms with Crippen LogP contribution in [0.15, 0.2) is 48.8 Å². The van der Waals surface area contributed by atoms with Crippen molar-refractivity contribution in [3.05, 3.63) is 60.2 Å². The number of halogens is 1. The van der Waals surface area contributed by atoms with Gasteiger partial charge >= 0.3 is 0 Å². The van der Waals surface area contributed by atoms with Gasteiger partial charge < -0.3 is 15.0 Å². The van der Waals surface area contributed by atoms with Crippen molar-refractivity contribution in [3.8, 4) is 11.5 Å². The zero-order valence-electron chi connectivity index (χ0n) is 13.8. The molecular weight excluding hydrogens is 321 g/mol. The van der Waals surface area contributed by atoms with Crippen LogP contribution in [0.5, 0.6) is 11.5 Å². The lowest BCUT2D eigenvalue weighted by Crippen LogP contribution is -2.32. The Hall–Kier alpha value is -2.73. The standard InChI is InChI=1S/C19H20FN3O2/c20-17-13-15(4-6-18(17)25-16-3-1-8-22-14-16)5-7-19(24)23-11-2-9-21-10-12-23/h1,3-8,13-14,21H,2,9-12H2. The highest BCUT2D eigenvalue weighted by Gasteiger charge is 2.12. The molecule has 0 unspecified atom stereocenters. The van der Waals surface area contributed by atoms with E-state index in [0.29, 0.717) is 17.9 Å². The van der Waals surface area contributed by atoms with Crippen molar-refractivity contribution in [1.29, 1.82) is 0 Å². The highest BCUT2D eigenvalue weighted by molar-refractivity contribution is 5.91. The molecule has 1 aromatic carbocycles. The third kappa shape index (κ3) is 4.87. The van der Waals surface area contributed by atoms with Gasteiger partial charge in [-0.1, -0.05) is 6.07 Å². The van der Waals surface area contributed by atoms with Gasteiger partial charge in [-0.3, -0.25) is 9.78 Å². The largest absolute Gasteiger partial charge is 0.453 e. The van der Waals surface area contributed by atoms with Gasteiger partial charge in [0.05, 0.1) is 6.20 Å². The first-order chi connectivity index (χ1) is 12.2. The summed E-state index contributed by atoms with van der Waals surface area (Å²) < 4.78 is 19.6. The van der Waals surface area contributed by atoms with Gasteiger partial charge in [-0.25, -0.2) is 4.39 Å². The van der Waals surface area contributed by atoms with Gasteiger partial charge in [0.1, 0.15) is 5.75 Å². The lowest BCUT2D eigenvalue weighted by atomic mass is 10.2. The number of hydrogen-bond acceptors (Lipinski definition) is 4. The van der Waals surface area contributed by atoms with Crippen molar-refractivity contribution in [2.45, 2.75) is 6.42 Å². The van der Waals surface area contributed by atoms with Gasteiger partial charge in [0.15, 0.2) is 11.6 Å². The summed E-state index contributed by atoms with van der Waals surface area (Å²) in [4.78, 5) is 17.9. The molecule has 1 fully saturated rings. The molecular formula is C19H20FN3O2. The van der Waals surface area contributed by atoms with Gasteiger partial charge in [0.25, 0.3) is 0 Å². The molecule has 0 aliphatic carbocycles. The fraction of sp³-hybridized carbons (Fsp3) is 0.263. The van der Waals surface area contributed by atoms with E-state index in [4.69, 9.17) is 4.74 Å². The summed E-state index contributed by atoms with van der Waals surface area (Å²) in [7, 11) is 0. The summed E-state index contributed by atoms with van der Waals surface area (Å²) in [6.45, 7) is 3.16. The average Bonchev–Trinajstić information content (AvgIpc) is 2.92.